The molecule has 2 heterocycles. The number of aromatic nitrogens is 1. The monoisotopic (exact) mass is 499 g/mol. The summed E-state index contributed by atoms with van der Waals surface area (Å²) in [6.45, 7) is 3.35. The molecule has 2 aromatic rings. The van der Waals surface area contributed by atoms with Gasteiger partial charge in [-0.2, -0.15) is 0 Å². The molecule has 1 aliphatic heterocycles. The van der Waals surface area contributed by atoms with Crippen LogP contribution in [0.2, 0.25) is 0 Å². The molecule has 2 atom stereocenters. The Labute approximate surface area is 180 Å². The molecule has 1 saturated heterocycles. The summed E-state index contributed by atoms with van der Waals surface area (Å²) in [7, 11) is 1.74. The van der Waals surface area contributed by atoms with Crippen LogP contribution in [0.15, 0.2) is 47.6 Å². The molecule has 0 amide bonds. The van der Waals surface area contributed by atoms with E-state index in [1.807, 2.05) is 18.2 Å². The first-order valence-corrected chi connectivity index (χ1v) is 9.25. The number of piperazine rings is 1. The standard InChI is InChI=1S/C20H23F2N5.HI/c1-23-20(25-17-13-14(17)19-15(21)5-4-6-16(19)22)27-11-9-26(10-12-27)18-7-2-3-8-24-18;/h2-8,14,17H,9-13H2,1H3,(H,23,25);1H. The number of aliphatic imine (C=N–C) groups is 1. The average molecular weight is 499 g/mol. The number of halogens is 3. The number of anilines is 1. The van der Waals surface area contributed by atoms with Crippen LogP contribution in [0.1, 0.15) is 17.9 Å². The fraction of sp³-hybridized carbons (Fsp3) is 0.400. The largest absolute Gasteiger partial charge is 0.353 e. The van der Waals surface area contributed by atoms with E-state index in [4.69, 9.17) is 0 Å². The molecule has 0 radical (unpaired) electrons. The van der Waals surface area contributed by atoms with E-state index in [1.54, 1.807) is 13.2 Å². The molecule has 5 nitrogen and oxygen atoms in total. The minimum atomic E-state index is -0.469. The molecule has 1 aromatic carbocycles. The summed E-state index contributed by atoms with van der Waals surface area (Å²) in [5.74, 6) is 0.696. The molecule has 150 valence electrons. The van der Waals surface area contributed by atoms with E-state index in [2.05, 4.69) is 25.1 Å². The number of guanidine groups is 1. The van der Waals surface area contributed by atoms with Crippen molar-refractivity contribution in [3.8, 4) is 0 Å². The van der Waals surface area contributed by atoms with Crippen LogP contribution in [0, 0.1) is 11.6 Å². The van der Waals surface area contributed by atoms with Gasteiger partial charge in [0.1, 0.15) is 17.5 Å². The molecule has 1 saturated carbocycles. The van der Waals surface area contributed by atoms with Gasteiger partial charge in [-0.1, -0.05) is 12.1 Å². The van der Waals surface area contributed by atoms with Gasteiger partial charge in [0, 0.05) is 56.9 Å². The normalized spacial score (nSPS) is 21.9. The predicted octanol–water partition coefficient (Wildman–Crippen LogP) is 3.23. The van der Waals surface area contributed by atoms with Crippen molar-refractivity contribution in [1.82, 2.24) is 15.2 Å². The summed E-state index contributed by atoms with van der Waals surface area (Å²) in [4.78, 5) is 13.2. The average Bonchev–Trinajstić information content (AvgIpc) is 3.45. The Bertz CT molecular complexity index is 804. The van der Waals surface area contributed by atoms with Crippen LogP contribution in [-0.4, -0.2) is 55.1 Å². The quantitative estimate of drug-likeness (QED) is 0.400. The number of nitrogens with one attached hydrogen (secondary N) is 1. The molecule has 1 N–H and O–H groups in total. The third-order valence-corrected chi connectivity index (χ3v) is 5.24. The highest BCUT2D eigenvalue weighted by atomic mass is 127. The summed E-state index contributed by atoms with van der Waals surface area (Å²) >= 11 is 0. The van der Waals surface area contributed by atoms with Gasteiger partial charge in [0.15, 0.2) is 5.96 Å². The van der Waals surface area contributed by atoms with Crippen LogP contribution >= 0.6 is 24.0 Å². The van der Waals surface area contributed by atoms with Gasteiger partial charge < -0.3 is 15.1 Å². The number of rotatable bonds is 3. The van der Waals surface area contributed by atoms with Gasteiger partial charge in [-0.3, -0.25) is 4.99 Å². The first-order chi connectivity index (χ1) is 13.2. The van der Waals surface area contributed by atoms with E-state index in [-0.39, 0.29) is 41.5 Å². The zero-order valence-electron chi connectivity index (χ0n) is 15.7. The first-order valence-electron chi connectivity index (χ1n) is 9.25. The Morgan fingerprint density at radius 3 is 2.39 bits per heavy atom. The Morgan fingerprint density at radius 2 is 1.79 bits per heavy atom. The lowest BCUT2D eigenvalue weighted by Gasteiger charge is -2.37. The van der Waals surface area contributed by atoms with Crippen LogP contribution in [0.25, 0.3) is 0 Å². The van der Waals surface area contributed by atoms with Crippen LogP contribution in [0.3, 0.4) is 0 Å². The SMILES string of the molecule is CN=C(NC1CC1c1c(F)cccc1F)N1CCN(c2ccccn2)CC1.I. The van der Waals surface area contributed by atoms with Crippen molar-refractivity contribution in [1.29, 1.82) is 0 Å². The number of benzene rings is 1. The van der Waals surface area contributed by atoms with E-state index in [0.717, 1.165) is 38.0 Å². The molecule has 4 rings (SSSR count). The van der Waals surface area contributed by atoms with E-state index in [0.29, 0.717) is 6.42 Å². The van der Waals surface area contributed by atoms with E-state index >= 15 is 0 Å². The summed E-state index contributed by atoms with van der Waals surface area (Å²) in [5.41, 5.74) is 0.186. The second-order valence-electron chi connectivity index (χ2n) is 6.94. The topological polar surface area (TPSA) is 43.8 Å². The summed E-state index contributed by atoms with van der Waals surface area (Å²) in [6, 6.07) is 9.97. The van der Waals surface area contributed by atoms with Crippen molar-refractivity contribution in [2.45, 2.75) is 18.4 Å². The first kappa shape index (κ1) is 20.8. The van der Waals surface area contributed by atoms with Crippen molar-refractivity contribution < 1.29 is 8.78 Å². The van der Waals surface area contributed by atoms with Gasteiger partial charge in [0.2, 0.25) is 0 Å². The Balaban J connectivity index is 0.00000225. The fourth-order valence-electron chi connectivity index (χ4n) is 3.69. The lowest BCUT2D eigenvalue weighted by molar-refractivity contribution is 0.371. The second kappa shape index (κ2) is 9.02. The molecule has 28 heavy (non-hydrogen) atoms. The number of hydrogen-bond donors (Lipinski definition) is 1. The van der Waals surface area contributed by atoms with E-state index in [1.165, 1.54) is 18.2 Å². The Hall–Kier alpha value is -1.97. The maximum absolute atomic E-state index is 14.0. The fourth-order valence-corrected chi connectivity index (χ4v) is 3.69. The molecular formula is C20H24F2IN5. The van der Waals surface area contributed by atoms with E-state index < -0.39 is 11.6 Å². The van der Waals surface area contributed by atoms with Crippen molar-refractivity contribution in [2.24, 2.45) is 4.99 Å². The van der Waals surface area contributed by atoms with Crippen LogP contribution in [0.5, 0.6) is 0 Å². The number of hydrogen-bond acceptors (Lipinski definition) is 3. The highest BCUT2D eigenvalue weighted by molar-refractivity contribution is 14.0. The lowest BCUT2D eigenvalue weighted by Crippen LogP contribution is -2.53. The third-order valence-electron chi connectivity index (χ3n) is 5.24. The van der Waals surface area contributed by atoms with Crippen molar-refractivity contribution in [2.75, 3.05) is 38.1 Å². The number of nitrogens with zero attached hydrogens (tertiary/aromatic N) is 4. The van der Waals surface area contributed by atoms with Gasteiger partial charge in [0.25, 0.3) is 0 Å². The van der Waals surface area contributed by atoms with Crippen molar-refractivity contribution >= 4 is 35.8 Å². The highest BCUT2D eigenvalue weighted by Gasteiger charge is 2.43. The second-order valence-corrected chi connectivity index (χ2v) is 6.94. The maximum atomic E-state index is 14.0. The van der Waals surface area contributed by atoms with Crippen LogP contribution in [-0.2, 0) is 0 Å². The van der Waals surface area contributed by atoms with Gasteiger partial charge in [0.05, 0.1) is 0 Å². The highest BCUT2D eigenvalue weighted by Crippen LogP contribution is 2.43. The molecule has 0 bridgehead atoms. The minimum Gasteiger partial charge on any atom is -0.353 e. The molecule has 2 unspecified atom stereocenters. The van der Waals surface area contributed by atoms with Crippen molar-refractivity contribution in [3.05, 3.63) is 59.8 Å². The van der Waals surface area contributed by atoms with Gasteiger partial charge in [-0.25, -0.2) is 13.8 Å². The summed E-state index contributed by atoms with van der Waals surface area (Å²) < 4.78 is 27.9. The molecule has 1 aliphatic carbocycles. The lowest BCUT2D eigenvalue weighted by atomic mass is 10.1. The predicted molar refractivity (Wildman–Crippen MR) is 117 cm³/mol. The van der Waals surface area contributed by atoms with Gasteiger partial charge in [-0.05, 0) is 30.7 Å². The van der Waals surface area contributed by atoms with Crippen molar-refractivity contribution in [3.63, 3.8) is 0 Å². The van der Waals surface area contributed by atoms with E-state index in [9.17, 15) is 8.78 Å². The molecule has 0 spiro atoms. The molecule has 1 aromatic heterocycles. The third kappa shape index (κ3) is 4.37. The summed E-state index contributed by atoms with van der Waals surface area (Å²) in [6.07, 6.45) is 2.52. The maximum Gasteiger partial charge on any atom is 0.194 e. The molecule has 8 heteroatoms. The molecular weight excluding hydrogens is 475 g/mol. The number of pyridine rings is 1. The van der Waals surface area contributed by atoms with Crippen LogP contribution in [0.4, 0.5) is 14.6 Å². The van der Waals surface area contributed by atoms with Gasteiger partial charge >= 0.3 is 0 Å². The zero-order chi connectivity index (χ0) is 18.8. The molecule has 2 aliphatic rings. The van der Waals surface area contributed by atoms with Crippen LogP contribution < -0.4 is 10.2 Å². The molecule has 2 fully saturated rings. The van der Waals surface area contributed by atoms with Gasteiger partial charge in [-0.15, -0.1) is 24.0 Å². The zero-order valence-corrected chi connectivity index (χ0v) is 18.0. The summed E-state index contributed by atoms with van der Waals surface area (Å²) in [5, 5.41) is 3.38. The smallest absolute Gasteiger partial charge is 0.194 e. The minimum absolute atomic E-state index is 0. The Morgan fingerprint density at radius 1 is 1.07 bits per heavy atom. The Kier molecular flexibility index (Phi) is 6.69.